The highest BCUT2D eigenvalue weighted by Gasteiger charge is 2.48. The Morgan fingerprint density at radius 2 is 2.12 bits per heavy atom. The van der Waals surface area contributed by atoms with E-state index in [1.54, 1.807) is 16.9 Å². The molecule has 2 N–H and O–H groups in total. The molecule has 0 bridgehead atoms. The molecule has 3 amide bonds. The predicted molar refractivity (Wildman–Crippen MR) is 85.8 cm³/mol. The summed E-state index contributed by atoms with van der Waals surface area (Å²) in [6.07, 6.45) is 7.36. The highest BCUT2D eigenvalue weighted by atomic mass is 16.2. The van der Waals surface area contributed by atoms with E-state index in [2.05, 4.69) is 25.6 Å². The Balaban J connectivity index is 1.55. The van der Waals surface area contributed by atoms with Crippen LogP contribution in [-0.4, -0.2) is 46.2 Å². The molecular weight excluding hydrogens is 308 g/mol. The van der Waals surface area contributed by atoms with Crippen molar-refractivity contribution in [2.45, 2.75) is 25.2 Å². The lowest BCUT2D eigenvalue weighted by molar-refractivity contribution is -0.122. The fourth-order valence-corrected chi connectivity index (χ4v) is 3.82. The molecule has 2 aliphatic heterocycles. The zero-order chi connectivity index (χ0) is 16.3. The van der Waals surface area contributed by atoms with E-state index in [-0.39, 0.29) is 12.5 Å². The molecule has 24 heavy (non-hydrogen) atoms. The molecule has 0 aromatic carbocycles. The van der Waals surface area contributed by atoms with E-state index in [0.717, 1.165) is 24.4 Å². The smallest absolute Gasteiger partial charge is 0.321 e. The molecule has 5 rings (SSSR count). The standard InChI is InChI=1S/C16H18N6O2/c23-14-10(8-18-15(24)19-14)11-7-12(13-17-4-6-22(13)20-11)21-5-3-16(9-21)1-2-16/h4,6-7,10H,1-3,5,8-9H2,(H2,18,19,23,24). The molecule has 0 radical (unpaired) electrons. The molecular formula is C16H18N6O2. The Kier molecular flexibility index (Phi) is 2.69. The molecule has 1 spiro atoms. The molecule has 1 aliphatic carbocycles. The average molecular weight is 326 g/mol. The summed E-state index contributed by atoms with van der Waals surface area (Å²) in [6.45, 7) is 2.33. The van der Waals surface area contributed by atoms with Crippen molar-refractivity contribution >= 4 is 23.3 Å². The lowest BCUT2D eigenvalue weighted by Crippen LogP contribution is -2.51. The highest BCUT2D eigenvalue weighted by molar-refractivity contribution is 6.00. The summed E-state index contributed by atoms with van der Waals surface area (Å²) in [7, 11) is 0. The first-order valence-corrected chi connectivity index (χ1v) is 8.32. The van der Waals surface area contributed by atoms with Gasteiger partial charge >= 0.3 is 6.03 Å². The molecule has 2 saturated heterocycles. The summed E-state index contributed by atoms with van der Waals surface area (Å²) in [4.78, 5) is 30.3. The van der Waals surface area contributed by atoms with Crippen LogP contribution in [0.25, 0.3) is 5.65 Å². The molecule has 3 aliphatic rings. The number of urea groups is 1. The number of hydrogen-bond donors (Lipinski definition) is 2. The van der Waals surface area contributed by atoms with Crippen LogP contribution in [0.15, 0.2) is 18.5 Å². The fourth-order valence-electron chi connectivity index (χ4n) is 3.82. The number of carbonyl (C=O) groups is 2. The van der Waals surface area contributed by atoms with Gasteiger partial charge in [-0.3, -0.25) is 10.1 Å². The normalized spacial score (nSPS) is 25.2. The molecule has 2 aromatic rings. The highest BCUT2D eigenvalue weighted by Crippen LogP contribution is 2.53. The first-order valence-electron chi connectivity index (χ1n) is 8.32. The van der Waals surface area contributed by atoms with Crippen LogP contribution in [0.2, 0.25) is 0 Å². The van der Waals surface area contributed by atoms with Gasteiger partial charge in [-0.05, 0) is 30.7 Å². The van der Waals surface area contributed by atoms with Crippen molar-refractivity contribution in [3.8, 4) is 0 Å². The largest absolute Gasteiger partial charge is 0.368 e. The van der Waals surface area contributed by atoms with Gasteiger partial charge in [0.15, 0.2) is 5.65 Å². The maximum absolute atomic E-state index is 12.2. The first kappa shape index (κ1) is 13.8. The lowest BCUT2D eigenvalue weighted by Gasteiger charge is -2.24. The van der Waals surface area contributed by atoms with Crippen LogP contribution in [0.3, 0.4) is 0 Å². The van der Waals surface area contributed by atoms with Crippen molar-refractivity contribution in [3.05, 3.63) is 24.2 Å². The van der Waals surface area contributed by atoms with Gasteiger partial charge in [-0.25, -0.2) is 14.3 Å². The van der Waals surface area contributed by atoms with Gasteiger partial charge in [-0.15, -0.1) is 0 Å². The van der Waals surface area contributed by atoms with Crippen LogP contribution in [0, 0.1) is 5.41 Å². The molecule has 1 saturated carbocycles. The van der Waals surface area contributed by atoms with Gasteiger partial charge in [0.2, 0.25) is 5.91 Å². The van der Waals surface area contributed by atoms with Crippen LogP contribution in [0.4, 0.5) is 10.5 Å². The van der Waals surface area contributed by atoms with Gasteiger partial charge in [0, 0.05) is 32.0 Å². The first-order chi connectivity index (χ1) is 11.6. The quantitative estimate of drug-likeness (QED) is 0.845. The van der Waals surface area contributed by atoms with E-state index in [9.17, 15) is 9.59 Å². The second kappa shape index (κ2) is 4.68. The maximum Gasteiger partial charge on any atom is 0.321 e. The maximum atomic E-state index is 12.2. The van der Waals surface area contributed by atoms with Crippen molar-refractivity contribution in [3.63, 3.8) is 0 Å². The zero-order valence-corrected chi connectivity index (χ0v) is 13.2. The number of imide groups is 1. The van der Waals surface area contributed by atoms with Gasteiger partial charge in [0.1, 0.15) is 0 Å². The number of nitrogens with one attached hydrogen (secondary N) is 2. The molecule has 1 atom stereocenters. The Hall–Kier alpha value is -2.64. The number of rotatable bonds is 2. The van der Waals surface area contributed by atoms with E-state index >= 15 is 0 Å². The third kappa shape index (κ3) is 2.05. The number of anilines is 1. The number of fused-ring (bicyclic) bond motifs is 1. The number of nitrogens with zero attached hydrogens (tertiary/aromatic N) is 4. The summed E-state index contributed by atoms with van der Waals surface area (Å²) < 4.78 is 1.73. The van der Waals surface area contributed by atoms with Gasteiger partial charge in [-0.1, -0.05) is 0 Å². The molecule has 1 unspecified atom stereocenters. The molecule has 124 valence electrons. The summed E-state index contributed by atoms with van der Waals surface area (Å²) in [6, 6.07) is 1.52. The number of hydrogen-bond acceptors (Lipinski definition) is 5. The second-order valence-electron chi connectivity index (χ2n) is 7.07. The minimum Gasteiger partial charge on any atom is -0.368 e. The Morgan fingerprint density at radius 3 is 2.88 bits per heavy atom. The van der Waals surface area contributed by atoms with E-state index in [4.69, 9.17) is 0 Å². The van der Waals surface area contributed by atoms with Crippen LogP contribution >= 0.6 is 0 Å². The SMILES string of the molecule is O=C1NCC(c2cc(N3CCC4(CC4)C3)c3nccn3n2)C(=O)N1. The van der Waals surface area contributed by atoms with E-state index in [1.165, 1.54) is 19.3 Å². The second-order valence-corrected chi connectivity index (χ2v) is 7.07. The zero-order valence-electron chi connectivity index (χ0n) is 13.2. The topological polar surface area (TPSA) is 91.6 Å². The van der Waals surface area contributed by atoms with Crippen LogP contribution < -0.4 is 15.5 Å². The van der Waals surface area contributed by atoms with Crippen LogP contribution in [-0.2, 0) is 4.79 Å². The van der Waals surface area contributed by atoms with E-state index in [0.29, 0.717) is 11.1 Å². The summed E-state index contributed by atoms with van der Waals surface area (Å²) in [5.74, 6) is -0.789. The van der Waals surface area contributed by atoms with Gasteiger partial charge in [-0.2, -0.15) is 5.10 Å². The van der Waals surface area contributed by atoms with Crippen molar-refractivity contribution in [2.75, 3.05) is 24.5 Å². The summed E-state index contributed by atoms with van der Waals surface area (Å²) in [5.41, 5.74) is 3.00. The molecule has 4 heterocycles. The minimum absolute atomic E-state index is 0.265. The molecule has 2 aromatic heterocycles. The van der Waals surface area contributed by atoms with Crippen LogP contribution in [0.5, 0.6) is 0 Å². The Bertz CT molecular complexity index is 855. The van der Waals surface area contributed by atoms with Gasteiger partial charge < -0.3 is 10.2 Å². The number of imidazole rings is 1. The fraction of sp³-hybridized carbons (Fsp3) is 0.500. The molecule has 8 heteroatoms. The van der Waals surface area contributed by atoms with Crippen molar-refractivity contribution in [2.24, 2.45) is 5.41 Å². The van der Waals surface area contributed by atoms with Gasteiger partial charge in [0.25, 0.3) is 0 Å². The summed E-state index contributed by atoms with van der Waals surface area (Å²) in [5, 5.41) is 9.51. The predicted octanol–water partition coefficient (Wildman–Crippen LogP) is 0.643. The van der Waals surface area contributed by atoms with Crippen molar-refractivity contribution in [1.82, 2.24) is 25.2 Å². The Morgan fingerprint density at radius 1 is 1.25 bits per heavy atom. The number of aromatic nitrogens is 3. The Labute approximate surface area is 138 Å². The van der Waals surface area contributed by atoms with Crippen LogP contribution in [0.1, 0.15) is 30.9 Å². The minimum atomic E-state index is -0.481. The molecule has 8 nitrogen and oxygen atoms in total. The average Bonchev–Trinajstić information content (AvgIpc) is 2.96. The van der Waals surface area contributed by atoms with Crippen molar-refractivity contribution < 1.29 is 9.59 Å². The molecule has 3 fully saturated rings. The number of carbonyl (C=O) groups excluding carboxylic acids is 2. The number of amides is 3. The third-order valence-corrected chi connectivity index (χ3v) is 5.47. The van der Waals surface area contributed by atoms with Crippen molar-refractivity contribution in [1.29, 1.82) is 0 Å². The van der Waals surface area contributed by atoms with E-state index in [1.807, 2.05) is 6.07 Å². The third-order valence-electron chi connectivity index (χ3n) is 5.47. The lowest BCUT2D eigenvalue weighted by atomic mass is 10.0. The monoisotopic (exact) mass is 326 g/mol. The van der Waals surface area contributed by atoms with E-state index < -0.39 is 11.9 Å². The summed E-state index contributed by atoms with van der Waals surface area (Å²) >= 11 is 0. The van der Waals surface area contributed by atoms with Gasteiger partial charge in [0.05, 0.1) is 17.3 Å².